The molecule has 0 bridgehead atoms. The van der Waals surface area contributed by atoms with Gasteiger partial charge in [0.1, 0.15) is 11.9 Å². The molecule has 0 saturated carbocycles. The first kappa shape index (κ1) is 16.0. The molecule has 1 fully saturated rings. The third-order valence-corrected chi connectivity index (χ3v) is 4.37. The van der Waals surface area contributed by atoms with Crippen molar-refractivity contribution in [3.63, 3.8) is 0 Å². The number of nitrogens with zero attached hydrogens (tertiary/aromatic N) is 7. The van der Waals surface area contributed by atoms with Crippen LogP contribution in [-0.4, -0.2) is 42.4 Å². The zero-order valence-corrected chi connectivity index (χ0v) is 14.2. The molecule has 130 valence electrons. The first-order valence-corrected chi connectivity index (χ1v) is 8.57. The van der Waals surface area contributed by atoms with Gasteiger partial charge in [-0.05, 0) is 25.3 Å². The van der Waals surface area contributed by atoms with E-state index in [1.54, 1.807) is 18.6 Å². The molecule has 1 N–H and O–H groups in total. The molecule has 0 aromatic carbocycles. The van der Waals surface area contributed by atoms with Gasteiger partial charge in [0.05, 0.1) is 24.1 Å². The molecule has 4 aromatic heterocycles. The number of rotatable bonds is 1. The van der Waals surface area contributed by atoms with Crippen molar-refractivity contribution in [1.29, 1.82) is 5.26 Å². The van der Waals surface area contributed by atoms with Gasteiger partial charge in [-0.1, -0.05) is 0 Å². The van der Waals surface area contributed by atoms with Gasteiger partial charge in [-0.3, -0.25) is 4.40 Å². The van der Waals surface area contributed by atoms with Crippen LogP contribution in [0.15, 0.2) is 43.2 Å². The van der Waals surface area contributed by atoms with Gasteiger partial charge in [0.25, 0.3) is 0 Å². The topological polar surface area (TPSA) is 98.8 Å². The van der Waals surface area contributed by atoms with Gasteiger partial charge >= 0.3 is 0 Å². The zero-order valence-electron chi connectivity index (χ0n) is 14.2. The van der Waals surface area contributed by atoms with Crippen LogP contribution in [0, 0.1) is 11.3 Å². The summed E-state index contributed by atoms with van der Waals surface area (Å²) in [4.78, 5) is 21.8. The third kappa shape index (κ3) is 3.19. The van der Waals surface area contributed by atoms with Crippen LogP contribution >= 0.6 is 0 Å². The van der Waals surface area contributed by atoms with Crippen molar-refractivity contribution in [2.75, 3.05) is 18.0 Å². The fourth-order valence-corrected chi connectivity index (χ4v) is 3.05. The summed E-state index contributed by atoms with van der Waals surface area (Å²) in [6.07, 6.45) is 14.3. The third-order valence-electron chi connectivity index (χ3n) is 4.37. The second-order valence-corrected chi connectivity index (χ2v) is 6.04. The average Bonchev–Trinajstić information content (AvgIpc) is 3.37. The number of imidazole rings is 1. The highest BCUT2D eigenvalue weighted by Gasteiger charge is 2.11. The van der Waals surface area contributed by atoms with Gasteiger partial charge in [0, 0.05) is 31.7 Å². The smallest absolute Gasteiger partial charge is 0.158 e. The Hall–Kier alpha value is -3.47. The number of aromatic amines is 1. The Morgan fingerprint density at radius 3 is 2.65 bits per heavy atom. The molecule has 5 heterocycles. The second kappa shape index (κ2) is 7.19. The Morgan fingerprint density at radius 2 is 1.88 bits per heavy atom. The Morgan fingerprint density at radius 1 is 1.00 bits per heavy atom. The lowest BCUT2D eigenvalue weighted by Gasteiger charge is -2.27. The molecule has 0 aliphatic carbocycles. The normalized spacial score (nSPS) is 14.0. The minimum absolute atomic E-state index is 0.380. The minimum atomic E-state index is 0.380. The molecule has 1 saturated heterocycles. The number of hydrogen-bond donors (Lipinski definition) is 1. The van der Waals surface area contributed by atoms with E-state index >= 15 is 0 Å². The summed E-state index contributed by atoms with van der Waals surface area (Å²) in [5.74, 6) is 0.892. The van der Waals surface area contributed by atoms with E-state index in [1.807, 2.05) is 28.9 Å². The number of nitrogens with one attached hydrogen (secondary N) is 1. The highest BCUT2D eigenvalue weighted by Crippen LogP contribution is 2.16. The summed E-state index contributed by atoms with van der Waals surface area (Å²) in [5, 5.41) is 8.57. The molecule has 0 radical (unpaired) electrons. The van der Waals surface area contributed by atoms with Crippen molar-refractivity contribution in [3.05, 3.63) is 48.9 Å². The molecular weight excluding hydrogens is 328 g/mol. The Kier molecular flexibility index (Phi) is 4.43. The molecule has 0 amide bonds. The number of nitriles is 1. The fourth-order valence-electron chi connectivity index (χ4n) is 3.05. The van der Waals surface area contributed by atoms with E-state index in [-0.39, 0.29) is 0 Å². The molecule has 26 heavy (non-hydrogen) atoms. The molecule has 8 heteroatoms. The first-order chi connectivity index (χ1) is 12.8. The van der Waals surface area contributed by atoms with Crippen molar-refractivity contribution in [3.8, 4) is 6.07 Å². The van der Waals surface area contributed by atoms with Gasteiger partial charge in [-0.2, -0.15) is 5.26 Å². The van der Waals surface area contributed by atoms with E-state index in [2.05, 4.69) is 29.8 Å². The van der Waals surface area contributed by atoms with Gasteiger partial charge in [-0.15, -0.1) is 0 Å². The number of aromatic nitrogens is 6. The van der Waals surface area contributed by atoms with Gasteiger partial charge in [0.2, 0.25) is 0 Å². The first-order valence-electron chi connectivity index (χ1n) is 8.57. The van der Waals surface area contributed by atoms with Crippen LogP contribution in [0.1, 0.15) is 25.0 Å². The molecule has 4 aromatic rings. The van der Waals surface area contributed by atoms with Crippen LogP contribution in [0.3, 0.4) is 0 Å². The molecule has 0 unspecified atom stereocenters. The van der Waals surface area contributed by atoms with E-state index in [4.69, 9.17) is 5.26 Å². The maximum atomic E-state index is 8.57. The predicted molar refractivity (Wildman–Crippen MR) is 97.7 cm³/mol. The summed E-state index contributed by atoms with van der Waals surface area (Å²) >= 11 is 0. The maximum absolute atomic E-state index is 8.57. The molecule has 1 aliphatic heterocycles. The maximum Gasteiger partial charge on any atom is 0.158 e. The molecule has 5 rings (SSSR count). The monoisotopic (exact) mass is 346 g/mol. The summed E-state index contributed by atoms with van der Waals surface area (Å²) in [7, 11) is 0. The van der Waals surface area contributed by atoms with Crippen LogP contribution in [0.5, 0.6) is 0 Å². The average molecular weight is 346 g/mol. The lowest BCUT2D eigenvalue weighted by Crippen LogP contribution is -2.30. The summed E-state index contributed by atoms with van der Waals surface area (Å²) in [5.41, 5.74) is 3.21. The van der Waals surface area contributed by atoms with Crippen LogP contribution in [-0.2, 0) is 0 Å². The van der Waals surface area contributed by atoms with Crippen LogP contribution in [0.2, 0.25) is 0 Å². The molecular formula is C18H18N8. The van der Waals surface area contributed by atoms with Gasteiger partial charge < -0.3 is 9.88 Å². The summed E-state index contributed by atoms with van der Waals surface area (Å²) in [6, 6.07) is 3.95. The number of hydrogen-bond acceptors (Lipinski definition) is 6. The summed E-state index contributed by atoms with van der Waals surface area (Å²) < 4.78 is 2.00. The fraction of sp³-hybridized carbons (Fsp3) is 0.278. The molecule has 1 aliphatic rings. The van der Waals surface area contributed by atoms with E-state index in [0.717, 1.165) is 35.7 Å². The van der Waals surface area contributed by atoms with E-state index in [1.165, 1.54) is 25.5 Å². The number of anilines is 1. The molecule has 0 spiro atoms. The van der Waals surface area contributed by atoms with Crippen LogP contribution < -0.4 is 4.90 Å². The van der Waals surface area contributed by atoms with Crippen molar-refractivity contribution in [2.45, 2.75) is 19.3 Å². The Balaban J connectivity index is 0.000000130. The Labute approximate surface area is 150 Å². The number of piperidine rings is 1. The highest BCUT2D eigenvalue weighted by atomic mass is 15.2. The standard InChI is InChI=1S/C10H12N4.C8H6N4/c11-6-9-7-13-10(8-12-9)14-4-2-1-3-5-14;1-2-10-8-6(1)12-4-3-9-7(12)5-11-8/h7-8H,1-5H2;1-5,10H. The number of fused-ring (bicyclic) bond motifs is 3. The number of H-pyrrole nitrogens is 1. The van der Waals surface area contributed by atoms with Gasteiger partial charge in [0.15, 0.2) is 17.0 Å². The molecule has 0 atom stereocenters. The Bertz CT molecular complexity index is 985. The van der Waals surface area contributed by atoms with Crippen molar-refractivity contribution < 1.29 is 0 Å². The van der Waals surface area contributed by atoms with Crippen molar-refractivity contribution in [2.24, 2.45) is 0 Å². The highest BCUT2D eigenvalue weighted by molar-refractivity contribution is 5.73. The largest absolute Gasteiger partial charge is 0.355 e. The van der Waals surface area contributed by atoms with E-state index in [9.17, 15) is 0 Å². The quantitative estimate of drug-likeness (QED) is 0.569. The lowest BCUT2D eigenvalue weighted by molar-refractivity contribution is 0.572. The van der Waals surface area contributed by atoms with Crippen molar-refractivity contribution in [1.82, 2.24) is 29.3 Å². The summed E-state index contributed by atoms with van der Waals surface area (Å²) in [6.45, 7) is 2.11. The van der Waals surface area contributed by atoms with Gasteiger partial charge in [-0.25, -0.2) is 19.9 Å². The van der Waals surface area contributed by atoms with Crippen molar-refractivity contribution >= 4 is 22.6 Å². The predicted octanol–water partition coefficient (Wildman–Crippen LogP) is 2.55. The zero-order chi connectivity index (χ0) is 17.8. The second-order valence-electron chi connectivity index (χ2n) is 6.04. The molecule has 8 nitrogen and oxygen atoms in total. The SMILES string of the molecule is N#Cc1cnc(N2CCCCC2)cn1.c1cn2c(cnc3[nH]ccc32)n1. The minimum Gasteiger partial charge on any atom is -0.355 e. The van der Waals surface area contributed by atoms with Crippen LogP contribution in [0.25, 0.3) is 16.8 Å². The van der Waals surface area contributed by atoms with Crippen LogP contribution in [0.4, 0.5) is 5.82 Å². The lowest BCUT2D eigenvalue weighted by atomic mass is 10.1. The van der Waals surface area contributed by atoms with E-state index < -0.39 is 0 Å². The van der Waals surface area contributed by atoms with E-state index in [0.29, 0.717) is 5.69 Å².